The number of methoxy groups -OCH3 is 2. The van der Waals surface area contributed by atoms with Crippen LogP contribution < -0.4 is 9.47 Å². The average Bonchev–Trinajstić information content (AvgIpc) is 3.08. The lowest BCUT2D eigenvalue weighted by molar-refractivity contribution is -0.137. The van der Waals surface area contributed by atoms with Gasteiger partial charge in [-0.25, -0.2) is 4.39 Å². The van der Waals surface area contributed by atoms with Crippen molar-refractivity contribution in [2.24, 2.45) is 0 Å². The van der Waals surface area contributed by atoms with Gasteiger partial charge in [-0.2, -0.15) is 0 Å². The van der Waals surface area contributed by atoms with Gasteiger partial charge in [0, 0.05) is 17.0 Å². The standard InChI is InChI=1S/C13H15FO4/c1-17-10-6-11(18-2)9(14)5-8(10)13(3-4-13)7-12(15)16/h5-6H,3-4,7H2,1-2H3,(H,15,16). The van der Waals surface area contributed by atoms with Crippen molar-refractivity contribution in [3.63, 3.8) is 0 Å². The van der Waals surface area contributed by atoms with E-state index in [1.54, 1.807) is 0 Å². The third-order valence-electron chi connectivity index (χ3n) is 3.39. The summed E-state index contributed by atoms with van der Waals surface area (Å²) in [5.74, 6) is -0.801. The number of halogens is 1. The van der Waals surface area contributed by atoms with Crippen LogP contribution in [0.4, 0.5) is 4.39 Å². The molecule has 18 heavy (non-hydrogen) atoms. The molecule has 1 aliphatic carbocycles. The number of carbonyl (C=O) groups is 1. The highest BCUT2D eigenvalue weighted by atomic mass is 19.1. The Morgan fingerprint density at radius 1 is 1.33 bits per heavy atom. The topological polar surface area (TPSA) is 55.8 Å². The molecule has 98 valence electrons. The number of benzene rings is 1. The van der Waals surface area contributed by atoms with Crippen molar-refractivity contribution in [3.05, 3.63) is 23.5 Å². The summed E-state index contributed by atoms with van der Waals surface area (Å²) in [7, 11) is 2.86. The second-order valence-corrected chi connectivity index (χ2v) is 4.54. The number of carboxylic acids is 1. The summed E-state index contributed by atoms with van der Waals surface area (Å²) in [6.45, 7) is 0. The molecule has 5 heteroatoms. The smallest absolute Gasteiger partial charge is 0.304 e. The van der Waals surface area contributed by atoms with Crippen LogP contribution >= 0.6 is 0 Å². The lowest BCUT2D eigenvalue weighted by Crippen LogP contribution is -2.14. The Kier molecular flexibility index (Phi) is 3.15. The molecule has 4 nitrogen and oxygen atoms in total. The first kappa shape index (κ1) is 12.7. The molecule has 0 aromatic heterocycles. The first-order valence-electron chi connectivity index (χ1n) is 5.66. The fraction of sp³-hybridized carbons (Fsp3) is 0.462. The van der Waals surface area contributed by atoms with Crippen molar-refractivity contribution in [2.75, 3.05) is 14.2 Å². The molecule has 0 spiro atoms. The number of hydrogen-bond acceptors (Lipinski definition) is 3. The predicted octanol–water partition coefficient (Wildman–Crippen LogP) is 2.35. The van der Waals surface area contributed by atoms with Gasteiger partial charge in [0.2, 0.25) is 0 Å². The van der Waals surface area contributed by atoms with Crippen LogP contribution in [0.2, 0.25) is 0 Å². The van der Waals surface area contributed by atoms with Gasteiger partial charge in [-0.3, -0.25) is 4.79 Å². The lowest BCUT2D eigenvalue weighted by atomic mass is 9.91. The third kappa shape index (κ3) is 2.12. The molecule has 0 amide bonds. The van der Waals surface area contributed by atoms with Crippen molar-refractivity contribution in [3.8, 4) is 11.5 Å². The van der Waals surface area contributed by atoms with Gasteiger partial charge in [0.05, 0.1) is 20.6 Å². The van der Waals surface area contributed by atoms with Gasteiger partial charge in [-0.1, -0.05) is 0 Å². The molecule has 1 N–H and O–H groups in total. The fourth-order valence-corrected chi connectivity index (χ4v) is 2.26. The van der Waals surface area contributed by atoms with Crippen molar-refractivity contribution in [1.29, 1.82) is 0 Å². The first-order valence-corrected chi connectivity index (χ1v) is 5.66. The van der Waals surface area contributed by atoms with E-state index in [4.69, 9.17) is 14.6 Å². The van der Waals surface area contributed by atoms with E-state index in [1.165, 1.54) is 26.4 Å². The van der Waals surface area contributed by atoms with Gasteiger partial charge in [-0.05, 0) is 18.9 Å². The summed E-state index contributed by atoms with van der Waals surface area (Å²) >= 11 is 0. The van der Waals surface area contributed by atoms with Crippen LogP contribution in [-0.2, 0) is 10.2 Å². The molecule has 0 bridgehead atoms. The highest BCUT2D eigenvalue weighted by molar-refractivity contribution is 5.70. The fourth-order valence-electron chi connectivity index (χ4n) is 2.26. The zero-order valence-electron chi connectivity index (χ0n) is 10.3. The molecule has 1 saturated carbocycles. The summed E-state index contributed by atoms with van der Waals surface area (Å²) in [5, 5.41) is 8.92. The maximum Gasteiger partial charge on any atom is 0.304 e. The summed E-state index contributed by atoms with van der Waals surface area (Å²) in [5.41, 5.74) is 0.135. The molecule has 0 unspecified atom stereocenters. The minimum atomic E-state index is -0.884. The quantitative estimate of drug-likeness (QED) is 0.876. The van der Waals surface area contributed by atoms with E-state index in [-0.39, 0.29) is 12.2 Å². The molecule has 0 aliphatic heterocycles. The van der Waals surface area contributed by atoms with Gasteiger partial charge in [-0.15, -0.1) is 0 Å². The van der Waals surface area contributed by atoms with Crippen LogP contribution in [0, 0.1) is 5.82 Å². The predicted molar refractivity (Wildman–Crippen MR) is 62.7 cm³/mol. The number of ether oxygens (including phenoxy) is 2. The van der Waals surface area contributed by atoms with E-state index in [9.17, 15) is 9.18 Å². The second-order valence-electron chi connectivity index (χ2n) is 4.54. The lowest BCUT2D eigenvalue weighted by Gasteiger charge is -2.18. The minimum Gasteiger partial charge on any atom is -0.496 e. The number of rotatable bonds is 5. The van der Waals surface area contributed by atoms with Crippen LogP contribution in [-0.4, -0.2) is 25.3 Å². The molecule has 2 rings (SSSR count). The van der Waals surface area contributed by atoms with Crippen LogP contribution in [0.3, 0.4) is 0 Å². The molecule has 0 saturated heterocycles. The first-order chi connectivity index (χ1) is 8.52. The maximum atomic E-state index is 13.7. The van der Waals surface area contributed by atoms with E-state index in [1.807, 2.05) is 0 Å². The highest BCUT2D eigenvalue weighted by Gasteiger charge is 2.48. The molecule has 0 heterocycles. The monoisotopic (exact) mass is 254 g/mol. The van der Waals surface area contributed by atoms with Crippen LogP contribution in [0.1, 0.15) is 24.8 Å². The number of hydrogen-bond donors (Lipinski definition) is 1. The van der Waals surface area contributed by atoms with Crippen molar-refractivity contribution < 1.29 is 23.8 Å². The summed E-state index contributed by atoms with van der Waals surface area (Å²) < 4.78 is 23.8. The summed E-state index contributed by atoms with van der Waals surface area (Å²) in [4.78, 5) is 10.9. The van der Waals surface area contributed by atoms with Crippen molar-refractivity contribution >= 4 is 5.97 Å². The van der Waals surface area contributed by atoms with Crippen LogP contribution in [0.15, 0.2) is 12.1 Å². The van der Waals surface area contributed by atoms with E-state index in [0.29, 0.717) is 11.3 Å². The van der Waals surface area contributed by atoms with Gasteiger partial charge in [0.1, 0.15) is 5.75 Å². The zero-order valence-corrected chi connectivity index (χ0v) is 10.3. The van der Waals surface area contributed by atoms with Gasteiger partial charge in [0.25, 0.3) is 0 Å². The molecular formula is C13H15FO4. The van der Waals surface area contributed by atoms with Crippen LogP contribution in [0.25, 0.3) is 0 Å². The Morgan fingerprint density at radius 3 is 2.39 bits per heavy atom. The molecule has 1 aromatic rings. The largest absolute Gasteiger partial charge is 0.496 e. The molecule has 0 radical (unpaired) electrons. The molecule has 1 aliphatic rings. The van der Waals surface area contributed by atoms with Gasteiger partial charge < -0.3 is 14.6 Å². The molecule has 0 atom stereocenters. The Bertz CT molecular complexity index is 480. The van der Waals surface area contributed by atoms with Gasteiger partial charge >= 0.3 is 5.97 Å². The van der Waals surface area contributed by atoms with Gasteiger partial charge in [0.15, 0.2) is 11.6 Å². The van der Waals surface area contributed by atoms with Crippen molar-refractivity contribution in [2.45, 2.75) is 24.7 Å². The Balaban J connectivity index is 2.44. The van der Waals surface area contributed by atoms with E-state index in [2.05, 4.69) is 0 Å². The molecular weight excluding hydrogens is 239 g/mol. The third-order valence-corrected chi connectivity index (χ3v) is 3.39. The normalized spacial score (nSPS) is 16.2. The average molecular weight is 254 g/mol. The Morgan fingerprint density at radius 2 is 1.94 bits per heavy atom. The van der Waals surface area contributed by atoms with E-state index >= 15 is 0 Å². The zero-order chi connectivity index (χ0) is 13.3. The summed E-state index contributed by atoms with van der Waals surface area (Å²) in [6, 6.07) is 2.79. The van der Waals surface area contributed by atoms with Crippen molar-refractivity contribution in [1.82, 2.24) is 0 Å². The Labute approximate surface area is 104 Å². The minimum absolute atomic E-state index is 0.00483. The number of carboxylic acid groups (broad SMARTS) is 1. The Hall–Kier alpha value is -1.78. The number of aliphatic carboxylic acids is 1. The van der Waals surface area contributed by atoms with E-state index < -0.39 is 17.2 Å². The second kappa shape index (κ2) is 4.48. The van der Waals surface area contributed by atoms with Crippen LogP contribution in [0.5, 0.6) is 11.5 Å². The highest BCUT2D eigenvalue weighted by Crippen LogP contribution is 2.54. The maximum absolute atomic E-state index is 13.7. The SMILES string of the molecule is COc1cc(OC)c(C2(CC(=O)O)CC2)cc1F. The molecule has 1 fully saturated rings. The molecule has 1 aromatic carbocycles. The van der Waals surface area contributed by atoms with E-state index in [0.717, 1.165) is 12.8 Å². The summed E-state index contributed by atoms with van der Waals surface area (Å²) in [6.07, 6.45) is 1.47.